The SMILES string of the molecule is CC1(S(=O)(=O)c2c(Cl)ccc(N)c2O)CCCOC1.Cl. The fraction of sp³-hybridized carbons (Fsp3) is 0.500. The van der Waals surface area contributed by atoms with E-state index in [2.05, 4.69) is 0 Å². The largest absolute Gasteiger partial charge is 0.504 e. The van der Waals surface area contributed by atoms with Crippen LogP contribution in [0.25, 0.3) is 0 Å². The molecule has 0 bridgehead atoms. The number of nitrogen functional groups attached to an aromatic ring is 1. The van der Waals surface area contributed by atoms with Crippen molar-refractivity contribution in [3.8, 4) is 5.75 Å². The Bertz CT molecular complexity index is 598. The molecule has 1 atom stereocenters. The van der Waals surface area contributed by atoms with E-state index in [1.165, 1.54) is 12.1 Å². The molecule has 1 saturated heterocycles. The van der Waals surface area contributed by atoms with E-state index in [4.69, 9.17) is 22.1 Å². The highest BCUT2D eigenvalue weighted by molar-refractivity contribution is 7.93. The van der Waals surface area contributed by atoms with Gasteiger partial charge in [0.25, 0.3) is 0 Å². The summed E-state index contributed by atoms with van der Waals surface area (Å²) < 4.78 is 29.6. The number of phenols is 1. The fourth-order valence-corrected chi connectivity index (χ4v) is 4.48. The first-order valence-corrected chi connectivity index (χ1v) is 7.75. The standard InChI is InChI=1S/C12H16ClNO4S.ClH/c1-12(5-2-6-18-7-12)19(16,17)11-8(13)3-4-9(14)10(11)15;/h3-4,15H,2,5-7,14H2,1H3;1H. The number of hydrogen-bond donors (Lipinski definition) is 2. The number of hydrogen-bond acceptors (Lipinski definition) is 5. The Kier molecular flexibility index (Phi) is 5.18. The number of aromatic hydroxyl groups is 1. The molecule has 20 heavy (non-hydrogen) atoms. The third-order valence-electron chi connectivity index (χ3n) is 3.43. The third-order valence-corrected chi connectivity index (χ3v) is 6.43. The van der Waals surface area contributed by atoms with Crippen LogP contribution in [0.5, 0.6) is 5.75 Å². The average Bonchev–Trinajstić information content (AvgIpc) is 2.35. The van der Waals surface area contributed by atoms with Gasteiger partial charge in [-0.2, -0.15) is 0 Å². The Labute approximate surface area is 129 Å². The van der Waals surface area contributed by atoms with Crippen molar-refractivity contribution in [2.45, 2.75) is 29.4 Å². The minimum atomic E-state index is -3.83. The van der Waals surface area contributed by atoms with E-state index in [1.54, 1.807) is 6.92 Å². The van der Waals surface area contributed by atoms with Crippen LogP contribution in [0.2, 0.25) is 5.02 Å². The predicted octanol–water partition coefficient (Wildman–Crippen LogP) is 2.39. The molecular formula is C12H17Cl2NO4S. The zero-order valence-corrected chi connectivity index (χ0v) is 13.3. The van der Waals surface area contributed by atoms with Crippen molar-refractivity contribution < 1.29 is 18.3 Å². The third kappa shape index (κ3) is 2.70. The molecule has 1 aliphatic heterocycles. The van der Waals surface area contributed by atoms with E-state index in [9.17, 15) is 13.5 Å². The van der Waals surface area contributed by atoms with Gasteiger partial charge in [-0.05, 0) is 31.9 Å². The maximum atomic E-state index is 12.7. The summed E-state index contributed by atoms with van der Waals surface area (Å²) in [4.78, 5) is -0.304. The monoisotopic (exact) mass is 341 g/mol. The minimum Gasteiger partial charge on any atom is -0.504 e. The average molecular weight is 342 g/mol. The van der Waals surface area contributed by atoms with Crippen LogP contribution in [-0.4, -0.2) is 31.5 Å². The molecule has 1 fully saturated rings. The van der Waals surface area contributed by atoms with E-state index in [0.717, 1.165) is 0 Å². The second-order valence-electron chi connectivity index (χ2n) is 4.92. The van der Waals surface area contributed by atoms with Crippen LogP contribution >= 0.6 is 24.0 Å². The number of benzene rings is 1. The Morgan fingerprint density at radius 1 is 1.45 bits per heavy atom. The first kappa shape index (κ1) is 17.4. The molecule has 3 N–H and O–H groups in total. The number of sulfone groups is 1. The van der Waals surface area contributed by atoms with Crippen molar-refractivity contribution in [2.75, 3.05) is 18.9 Å². The molecule has 5 nitrogen and oxygen atoms in total. The summed E-state index contributed by atoms with van der Waals surface area (Å²) in [7, 11) is -3.83. The second-order valence-corrected chi connectivity index (χ2v) is 7.73. The van der Waals surface area contributed by atoms with Gasteiger partial charge >= 0.3 is 0 Å². The predicted molar refractivity (Wildman–Crippen MR) is 80.4 cm³/mol. The minimum absolute atomic E-state index is 0. The van der Waals surface area contributed by atoms with Crippen LogP contribution in [0.4, 0.5) is 5.69 Å². The molecule has 1 aromatic rings. The number of nitrogens with two attached hydrogens (primary N) is 1. The summed E-state index contributed by atoms with van der Waals surface area (Å²) in [5, 5.41) is 9.90. The number of phenolic OH excluding ortho intramolecular Hbond substituents is 1. The van der Waals surface area contributed by atoms with E-state index < -0.39 is 20.3 Å². The molecule has 1 aromatic carbocycles. The Morgan fingerprint density at radius 3 is 2.65 bits per heavy atom. The van der Waals surface area contributed by atoms with Crippen LogP contribution < -0.4 is 5.73 Å². The van der Waals surface area contributed by atoms with Gasteiger partial charge in [-0.25, -0.2) is 8.42 Å². The Hall–Kier alpha value is -0.690. The molecule has 0 saturated carbocycles. The maximum Gasteiger partial charge on any atom is 0.191 e. The molecule has 0 aliphatic carbocycles. The number of rotatable bonds is 2. The van der Waals surface area contributed by atoms with Gasteiger partial charge in [0.2, 0.25) is 0 Å². The van der Waals surface area contributed by atoms with Crippen LogP contribution in [0, 0.1) is 0 Å². The van der Waals surface area contributed by atoms with Gasteiger partial charge in [-0.3, -0.25) is 0 Å². The molecule has 8 heteroatoms. The van der Waals surface area contributed by atoms with Crippen LogP contribution in [0.15, 0.2) is 17.0 Å². The summed E-state index contributed by atoms with van der Waals surface area (Å²) in [6, 6.07) is 2.74. The van der Waals surface area contributed by atoms with Crippen LogP contribution in [0.1, 0.15) is 19.8 Å². The smallest absolute Gasteiger partial charge is 0.191 e. The van der Waals surface area contributed by atoms with Crippen molar-refractivity contribution in [3.05, 3.63) is 17.2 Å². The van der Waals surface area contributed by atoms with E-state index >= 15 is 0 Å². The number of halogens is 2. The lowest BCUT2D eigenvalue weighted by Crippen LogP contribution is -2.43. The zero-order valence-electron chi connectivity index (χ0n) is 10.9. The second kappa shape index (κ2) is 5.97. The summed E-state index contributed by atoms with van der Waals surface area (Å²) in [5.41, 5.74) is 5.54. The highest BCUT2D eigenvalue weighted by atomic mass is 35.5. The molecule has 1 aliphatic rings. The van der Waals surface area contributed by atoms with Crippen molar-refractivity contribution in [1.82, 2.24) is 0 Å². The first-order valence-electron chi connectivity index (χ1n) is 5.89. The first-order chi connectivity index (χ1) is 8.79. The van der Waals surface area contributed by atoms with Gasteiger partial charge < -0.3 is 15.6 Å². The van der Waals surface area contributed by atoms with Gasteiger partial charge in [0.1, 0.15) is 4.90 Å². The molecule has 0 spiro atoms. The molecule has 0 amide bonds. The lowest BCUT2D eigenvalue weighted by atomic mass is 10.0. The zero-order chi connectivity index (χ0) is 14.3. The quantitative estimate of drug-likeness (QED) is 0.636. The summed E-state index contributed by atoms with van der Waals surface area (Å²) in [6.07, 6.45) is 1.11. The normalized spacial score (nSPS) is 23.1. The highest BCUT2D eigenvalue weighted by Gasteiger charge is 2.44. The van der Waals surface area contributed by atoms with E-state index in [1.807, 2.05) is 0 Å². The van der Waals surface area contributed by atoms with E-state index in [0.29, 0.717) is 19.4 Å². The summed E-state index contributed by atoms with van der Waals surface area (Å²) >= 11 is 5.93. The molecule has 1 unspecified atom stereocenters. The van der Waals surface area contributed by atoms with Gasteiger partial charge in [-0.15, -0.1) is 12.4 Å². The van der Waals surface area contributed by atoms with Crippen molar-refractivity contribution in [1.29, 1.82) is 0 Å². The molecule has 0 aromatic heterocycles. The molecule has 0 radical (unpaired) electrons. The van der Waals surface area contributed by atoms with E-state index in [-0.39, 0.29) is 34.6 Å². The Balaban J connectivity index is 0.00000200. The molecule has 1 heterocycles. The summed E-state index contributed by atoms with van der Waals surface area (Å²) in [5.74, 6) is -0.487. The van der Waals surface area contributed by atoms with Crippen molar-refractivity contribution in [2.24, 2.45) is 0 Å². The van der Waals surface area contributed by atoms with Crippen LogP contribution in [0.3, 0.4) is 0 Å². The topological polar surface area (TPSA) is 89.6 Å². The van der Waals surface area contributed by atoms with Gasteiger partial charge in [0.15, 0.2) is 15.6 Å². The fourth-order valence-electron chi connectivity index (χ4n) is 2.18. The highest BCUT2D eigenvalue weighted by Crippen LogP contribution is 2.42. The molecule has 114 valence electrons. The molecular weight excluding hydrogens is 325 g/mol. The van der Waals surface area contributed by atoms with Crippen molar-refractivity contribution >= 4 is 39.5 Å². The van der Waals surface area contributed by atoms with Gasteiger partial charge in [-0.1, -0.05) is 11.6 Å². The van der Waals surface area contributed by atoms with Gasteiger partial charge in [0, 0.05) is 6.61 Å². The maximum absolute atomic E-state index is 12.7. The van der Waals surface area contributed by atoms with Crippen LogP contribution in [-0.2, 0) is 14.6 Å². The summed E-state index contributed by atoms with van der Waals surface area (Å²) in [6.45, 7) is 2.22. The molecule has 2 rings (SSSR count). The van der Waals surface area contributed by atoms with Crippen molar-refractivity contribution in [3.63, 3.8) is 0 Å². The number of anilines is 1. The lowest BCUT2D eigenvalue weighted by Gasteiger charge is -2.33. The Morgan fingerprint density at radius 2 is 2.10 bits per heavy atom. The lowest BCUT2D eigenvalue weighted by molar-refractivity contribution is 0.0716. The number of ether oxygens (including phenoxy) is 1. The van der Waals surface area contributed by atoms with Gasteiger partial charge in [0.05, 0.1) is 22.1 Å².